The van der Waals surface area contributed by atoms with E-state index in [1.807, 2.05) is 20.8 Å². The van der Waals surface area contributed by atoms with Crippen LogP contribution in [-0.4, -0.2) is 63.9 Å². The lowest BCUT2D eigenvalue weighted by molar-refractivity contribution is 0.625. The molecule has 0 aliphatic rings. The van der Waals surface area contributed by atoms with Crippen LogP contribution in [0.4, 0.5) is 17.8 Å². The first-order valence-electron chi connectivity index (χ1n) is 8.68. The molecule has 0 fully saturated rings. The average Bonchev–Trinajstić information content (AvgIpc) is 3.27. The molecule has 0 unspecified atom stereocenters. The molecule has 0 radical (unpaired) electrons. The zero-order valence-electron chi connectivity index (χ0n) is 15.6. The van der Waals surface area contributed by atoms with E-state index in [1.165, 1.54) is 12.7 Å². The average molecular weight is 372 g/mol. The topological polar surface area (TPSA) is 158 Å². The van der Waals surface area contributed by atoms with E-state index < -0.39 is 0 Å². The number of nitrogens with zero attached hydrogens (tertiary/aromatic N) is 7. The Bertz CT molecular complexity index is 747. The van der Waals surface area contributed by atoms with Crippen molar-refractivity contribution in [3.05, 3.63) is 24.3 Å². The van der Waals surface area contributed by atoms with E-state index in [0.717, 1.165) is 11.6 Å². The number of rotatable bonds is 9. The fourth-order valence-corrected chi connectivity index (χ4v) is 2.21. The zero-order valence-corrected chi connectivity index (χ0v) is 15.6. The van der Waals surface area contributed by atoms with Crippen LogP contribution in [0.5, 0.6) is 0 Å². The lowest BCUT2D eigenvalue weighted by Gasteiger charge is -2.21. The van der Waals surface area contributed by atoms with Gasteiger partial charge in [-0.05, 0) is 20.8 Å². The predicted octanol–water partition coefficient (Wildman–Crippen LogP) is 0.627. The van der Waals surface area contributed by atoms with Crippen molar-refractivity contribution in [1.82, 2.24) is 45.3 Å². The van der Waals surface area contributed by atoms with Gasteiger partial charge in [0.05, 0.1) is 0 Å². The number of H-pyrrole nitrogens is 2. The van der Waals surface area contributed by atoms with E-state index in [1.54, 1.807) is 0 Å². The van der Waals surface area contributed by atoms with Crippen LogP contribution in [0.3, 0.4) is 0 Å². The molecule has 3 heterocycles. The maximum Gasteiger partial charge on any atom is 0.229 e. The van der Waals surface area contributed by atoms with Crippen LogP contribution in [0, 0.1) is 0 Å². The third kappa shape index (κ3) is 6.17. The molecular weight excluding hydrogens is 348 g/mol. The molecule has 3 aromatic heterocycles. The quantitative estimate of drug-likeness (QED) is 0.360. The minimum atomic E-state index is -0.171. The molecule has 27 heavy (non-hydrogen) atoms. The molecule has 12 nitrogen and oxygen atoms in total. The number of hydrogen-bond acceptors (Lipinski definition) is 10. The highest BCUT2D eigenvalue weighted by Crippen LogP contribution is 2.14. The highest BCUT2D eigenvalue weighted by Gasteiger charge is 2.14. The predicted molar refractivity (Wildman–Crippen MR) is 100 cm³/mol. The summed E-state index contributed by atoms with van der Waals surface area (Å²) < 4.78 is 0. The lowest BCUT2D eigenvalue weighted by atomic mass is 10.1. The van der Waals surface area contributed by atoms with E-state index in [2.05, 4.69) is 61.3 Å². The van der Waals surface area contributed by atoms with Crippen LogP contribution in [0.25, 0.3) is 0 Å². The Kier molecular flexibility index (Phi) is 5.74. The van der Waals surface area contributed by atoms with Gasteiger partial charge in [0.2, 0.25) is 17.8 Å². The molecule has 0 bridgehead atoms. The Morgan fingerprint density at radius 3 is 1.67 bits per heavy atom. The summed E-state index contributed by atoms with van der Waals surface area (Å²) in [5, 5.41) is 23.0. The van der Waals surface area contributed by atoms with Gasteiger partial charge in [0.25, 0.3) is 0 Å². The fraction of sp³-hybridized carbons (Fsp3) is 0.533. The van der Waals surface area contributed by atoms with Crippen molar-refractivity contribution in [3.63, 3.8) is 0 Å². The molecular formula is C15H24N12. The SMILES string of the molecule is CC(C)(C)Nc1nc(NCCc2ncn[nH]2)nc(NCCc2ncn[nH]2)n1. The number of hydrogen-bond donors (Lipinski definition) is 5. The summed E-state index contributed by atoms with van der Waals surface area (Å²) in [5.74, 6) is 3.07. The summed E-state index contributed by atoms with van der Waals surface area (Å²) in [7, 11) is 0. The second kappa shape index (κ2) is 8.38. The smallest absolute Gasteiger partial charge is 0.229 e. The molecule has 0 atom stereocenters. The first-order valence-corrected chi connectivity index (χ1v) is 8.68. The Hall–Kier alpha value is -3.31. The summed E-state index contributed by atoms with van der Waals surface area (Å²) in [6.07, 6.45) is 4.34. The summed E-state index contributed by atoms with van der Waals surface area (Å²) in [4.78, 5) is 21.5. The van der Waals surface area contributed by atoms with Gasteiger partial charge in [0.1, 0.15) is 24.3 Å². The third-order valence-corrected chi connectivity index (χ3v) is 3.34. The molecule has 0 spiro atoms. The van der Waals surface area contributed by atoms with Gasteiger partial charge in [-0.2, -0.15) is 25.1 Å². The van der Waals surface area contributed by atoms with E-state index in [0.29, 0.717) is 43.8 Å². The van der Waals surface area contributed by atoms with Crippen molar-refractivity contribution in [2.24, 2.45) is 0 Å². The molecule has 0 aliphatic carbocycles. The molecule has 0 amide bonds. The van der Waals surface area contributed by atoms with Gasteiger partial charge >= 0.3 is 0 Å². The number of anilines is 3. The normalized spacial score (nSPS) is 11.4. The van der Waals surface area contributed by atoms with Crippen LogP contribution < -0.4 is 16.0 Å². The van der Waals surface area contributed by atoms with Crippen LogP contribution in [0.1, 0.15) is 32.4 Å². The molecule has 0 aliphatic heterocycles. The molecule has 0 saturated carbocycles. The van der Waals surface area contributed by atoms with E-state index >= 15 is 0 Å². The van der Waals surface area contributed by atoms with E-state index in [-0.39, 0.29) is 5.54 Å². The van der Waals surface area contributed by atoms with E-state index in [4.69, 9.17) is 0 Å². The molecule has 5 N–H and O–H groups in total. The highest BCUT2D eigenvalue weighted by atomic mass is 15.3. The molecule has 3 aromatic rings. The van der Waals surface area contributed by atoms with Crippen molar-refractivity contribution in [2.75, 3.05) is 29.0 Å². The van der Waals surface area contributed by atoms with Gasteiger partial charge in [-0.15, -0.1) is 0 Å². The largest absolute Gasteiger partial charge is 0.354 e. The molecule has 12 heteroatoms. The summed E-state index contributed by atoms with van der Waals surface area (Å²) >= 11 is 0. The zero-order chi connectivity index (χ0) is 19.1. The van der Waals surface area contributed by atoms with Gasteiger partial charge in [-0.1, -0.05) is 0 Å². The minimum Gasteiger partial charge on any atom is -0.354 e. The summed E-state index contributed by atoms with van der Waals surface area (Å²) in [6, 6.07) is 0. The van der Waals surface area contributed by atoms with Crippen LogP contribution in [0.15, 0.2) is 12.7 Å². The van der Waals surface area contributed by atoms with Gasteiger partial charge in [0, 0.05) is 31.5 Å². The van der Waals surface area contributed by atoms with Gasteiger partial charge < -0.3 is 16.0 Å². The van der Waals surface area contributed by atoms with Crippen molar-refractivity contribution in [1.29, 1.82) is 0 Å². The Morgan fingerprint density at radius 2 is 1.26 bits per heavy atom. The summed E-state index contributed by atoms with van der Waals surface area (Å²) in [6.45, 7) is 7.37. The monoisotopic (exact) mass is 372 g/mol. The van der Waals surface area contributed by atoms with Crippen molar-refractivity contribution >= 4 is 17.8 Å². The van der Waals surface area contributed by atoms with Crippen LogP contribution in [-0.2, 0) is 12.8 Å². The first kappa shape index (κ1) is 18.5. The Morgan fingerprint density at radius 1 is 0.778 bits per heavy atom. The van der Waals surface area contributed by atoms with Gasteiger partial charge in [-0.25, -0.2) is 9.97 Å². The third-order valence-electron chi connectivity index (χ3n) is 3.34. The Balaban J connectivity index is 1.63. The number of nitrogens with one attached hydrogen (secondary N) is 5. The second-order valence-corrected chi connectivity index (χ2v) is 6.90. The summed E-state index contributed by atoms with van der Waals surface area (Å²) in [5.41, 5.74) is -0.171. The molecule has 3 rings (SSSR count). The molecule has 0 aromatic carbocycles. The highest BCUT2D eigenvalue weighted by molar-refractivity contribution is 5.43. The fourth-order valence-electron chi connectivity index (χ4n) is 2.21. The second-order valence-electron chi connectivity index (χ2n) is 6.90. The van der Waals surface area contributed by atoms with Gasteiger partial charge in [0.15, 0.2) is 0 Å². The first-order chi connectivity index (χ1) is 13.0. The molecule has 0 saturated heterocycles. The van der Waals surface area contributed by atoms with Gasteiger partial charge in [-0.3, -0.25) is 10.2 Å². The maximum absolute atomic E-state index is 4.44. The van der Waals surface area contributed by atoms with Crippen LogP contribution in [0.2, 0.25) is 0 Å². The molecule has 144 valence electrons. The minimum absolute atomic E-state index is 0.171. The van der Waals surface area contributed by atoms with Crippen LogP contribution >= 0.6 is 0 Å². The standard InChI is InChI=1S/C15H24N12/c1-15(2,3)25-14-23-12(16-6-4-10-18-8-20-26-10)22-13(24-14)17-7-5-11-19-9-21-27-11/h8-9H,4-7H2,1-3H3,(H,18,20,26)(H,19,21,27)(H3,16,17,22,23,24,25). The van der Waals surface area contributed by atoms with Crippen molar-refractivity contribution < 1.29 is 0 Å². The van der Waals surface area contributed by atoms with Crippen molar-refractivity contribution in [2.45, 2.75) is 39.2 Å². The number of aromatic amines is 2. The maximum atomic E-state index is 4.44. The number of aromatic nitrogens is 9. The lowest BCUT2D eigenvalue weighted by Crippen LogP contribution is -2.28. The van der Waals surface area contributed by atoms with E-state index in [9.17, 15) is 0 Å². The Labute approximate surface area is 156 Å². The van der Waals surface area contributed by atoms with Crippen molar-refractivity contribution in [3.8, 4) is 0 Å².